The Morgan fingerprint density at radius 3 is 2.86 bits per heavy atom. The smallest absolute Gasteiger partial charge is 0.0762 e. The molecule has 14 heavy (non-hydrogen) atoms. The van der Waals surface area contributed by atoms with Gasteiger partial charge in [0.05, 0.1) is 5.69 Å². The van der Waals surface area contributed by atoms with E-state index in [4.69, 9.17) is 0 Å². The summed E-state index contributed by atoms with van der Waals surface area (Å²) >= 11 is 0. The summed E-state index contributed by atoms with van der Waals surface area (Å²) in [6, 6.07) is 2.54. The van der Waals surface area contributed by atoms with Crippen molar-refractivity contribution < 1.29 is 0 Å². The van der Waals surface area contributed by atoms with Crippen LogP contribution in [0, 0.1) is 0 Å². The van der Waals surface area contributed by atoms with E-state index in [-0.39, 0.29) is 0 Å². The van der Waals surface area contributed by atoms with E-state index in [1.54, 1.807) is 0 Å². The van der Waals surface area contributed by atoms with Crippen LogP contribution in [0.25, 0.3) is 0 Å². The van der Waals surface area contributed by atoms with Crippen LogP contribution in [0.1, 0.15) is 45.3 Å². The molecule has 1 aromatic heterocycles. The lowest BCUT2D eigenvalue weighted by Crippen LogP contribution is -2.15. The molecule has 0 amide bonds. The third-order valence-electron chi connectivity index (χ3n) is 2.21. The number of unbranched alkanes of at least 4 members (excludes halogenated alkanes) is 1. The number of aromatic nitrogens is 2. The molecule has 0 saturated heterocycles. The highest BCUT2D eigenvalue weighted by atomic mass is 15.3. The second-order valence-electron chi connectivity index (χ2n) is 3.91. The van der Waals surface area contributed by atoms with Gasteiger partial charge < -0.3 is 5.32 Å². The van der Waals surface area contributed by atoms with Crippen molar-refractivity contribution in [3.63, 3.8) is 0 Å². The standard InChI is InChI=1S/C11H21N3/c1-4-5-7-12-9-11-6-8-14(13-11)10(2)3/h6,8,10,12H,4-5,7,9H2,1-3H3. The highest BCUT2D eigenvalue weighted by Gasteiger charge is 2.00. The van der Waals surface area contributed by atoms with Gasteiger partial charge in [0.15, 0.2) is 0 Å². The fourth-order valence-electron chi connectivity index (χ4n) is 1.28. The zero-order valence-corrected chi connectivity index (χ0v) is 9.45. The Kier molecular flexibility index (Phi) is 4.66. The Labute approximate surface area is 86.5 Å². The molecule has 0 unspecified atom stereocenters. The lowest BCUT2D eigenvalue weighted by atomic mass is 10.3. The first kappa shape index (κ1) is 11.2. The van der Waals surface area contributed by atoms with Crippen LogP contribution in [0.5, 0.6) is 0 Å². The second kappa shape index (κ2) is 5.81. The molecule has 0 atom stereocenters. The van der Waals surface area contributed by atoms with Crippen LogP contribution in [0.15, 0.2) is 12.3 Å². The molecular formula is C11H21N3. The van der Waals surface area contributed by atoms with E-state index in [0.29, 0.717) is 6.04 Å². The SMILES string of the molecule is CCCCNCc1ccn(C(C)C)n1. The first-order valence-electron chi connectivity index (χ1n) is 5.48. The molecule has 0 radical (unpaired) electrons. The Balaban J connectivity index is 2.29. The van der Waals surface area contributed by atoms with Gasteiger partial charge in [-0.1, -0.05) is 13.3 Å². The predicted octanol–water partition coefficient (Wildman–Crippen LogP) is 2.35. The number of nitrogens with zero attached hydrogens (tertiary/aromatic N) is 2. The average Bonchev–Trinajstić information content (AvgIpc) is 2.61. The van der Waals surface area contributed by atoms with Gasteiger partial charge in [-0.2, -0.15) is 5.10 Å². The van der Waals surface area contributed by atoms with E-state index in [0.717, 1.165) is 18.8 Å². The maximum absolute atomic E-state index is 4.46. The first-order valence-corrected chi connectivity index (χ1v) is 5.48. The molecule has 0 saturated carbocycles. The minimum absolute atomic E-state index is 0.458. The molecule has 3 nitrogen and oxygen atoms in total. The number of hydrogen-bond acceptors (Lipinski definition) is 2. The average molecular weight is 195 g/mol. The minimum atomic E-state index is 0.458. The van der Waals surface area contributed by atoms with Crippen molar-refractivity contribution in [2.24, 2.45) is 0 Å². The normalized spacial score (nSPS) is 11.1. The maximum atomic E-state index is 4.46. The molecule has 0 aromatic carbocycles. The van der Waals surface area contributed by atoms with Gasteiger partial charge in [-0.25, -0.2) is 0 Å². The van der Waals surface area contributed by atoms with Crippen LogP contribution in [0.2, 0.25) is 0 Å². The summed E-state index contributed by atoms with van der Waals surface area (Å²) in [7, 11) is 0. The predicted molar refractivity (Wildman–Crippen MR) is 59.2 cm³/mol. The van der Waals surface area contributed by atoms with Crippen molar-refractivity contribution >= 4 is 0 Å². The van der Waals surface area contributed by atoms with Gasteiger partial charge >= 0.3 is 0 Å². The van der Waals surface area contributed by atoms with Crippen molar-refractivity contribution in [1.82, 2.24) is 15.1 Å². The highest BCUT2D eigenvalue weighted by Crippen LogP contribution is 2.03. The van der Waals surface area contributed by atoms with E-state index >= 15 is 0 Å². The van der Waals surface area contributed by atoms with Crippen molar-refractivity contribution in [3.8, 4) is 0 Å². The molecule has 0 aliphatic rings. The maximum Gasteiger partial charge on any atom is 0.0762 e. The molecular weight excluding hydrogens is 174 g/mol. The molecule has 0 fully saturated rings. The Morgan fingerprint density at radius 2 is 2.29 bits per heavy atom. The number of hydrogen-bond donors (Lipinski definition) is 1. The van der Waals surface area contributed by atoms with Crippen molar-refractivity contribution in [2.45, 2.75) is 46.2 Å². The molecule has 1 rings (SSSR count). The zero-order valence-electron chi connectivity index (χ0n) is 9.45. The van der Waals surface area contributed by atoms with Gasteiger partial charge in [-0.3, -0.25) is 4.68 Å². The third-order valence-corrected chi connectivity index (χ3v) is 2.21. The van der Waals surface area contributed by atoms with Gasteiger partial charge in [0.2, 0.25) is 0 Å². The molecule has 1 heterocycles. The molecule has 0 spiro atoms. The summed E-state index contributed by atoms with van der Waals surface area (Å²) in [5.41, 5.74) is 1.13. The Bertz CT molecular complexity index is 253. The van der Waals surface area contributed by atoms with Crippen LogP contribution in [-0.2, 0) is 6.54 Å². The third kappa shape index (κ3) is 3.50. The quantitative estimate of drug-likeness (QED) is 0.706. The van der Waals surface area contributed by atoms with Crippen LogP contribution in [0.4, 0.5) is 0 Å². The highest BCUT2D eigenvalue weighted by molar-refractivity contribution is 4.98. The molecule has 80 valence electrons. The van der Waals surface area contributed by atoms with Crippen LogP contribution < -0.4 is 5.32 Å². The van der Waals surface area contributed by atoms with Crippen molar-refractivity contribution in [1.29, 1.82) is 0 Å². The van der Waals surface area contributed by atoms with Crippen molar-refractivity contribution in [3.05, 3.63) is 18.0 Å². The Morgan fingerprint density at radius 1 is 1.50 bits per heavy atom. The van der Waals surface area contributed by atoms with E-state index in [1.807, 2.05) is 10.9 Å². The van der Waals surface area contributed by atoms with E-state index in [1.165, 1.54) is 12.8 Å². The second-order valence-corrected chi connectivity index (χ2v) is 3.91. The summed E-state index contributed by atoms with van der Waals surface area (Å²) in [6.07, 6.45) is 4.53. The van der Waals surface area contributed by atoms with E-state index in [9.17, 15) is 0 Å². The minimum Gasteiger partial charge on any atom is -0.311 e. The molecule has 3 heteroatoms. The topological polar surface area (TPSA) is 29.9 Å². The molecule has 0 aliphatic carbocycles. The lowest BCUT2D eigenvalue weighted by molar-refractivity contribution is 0.520. The molecule has 0 aliphatic heterocycles. The fraction of sp³-hybridized carbons (Fsp3) is 0.727. The first-order chi connectivity index (χ1) is 6.74. The van der Waals surface area contributed by atoms with Crippen LogP contribution in [0.3, 0.4) is 0 Å². The van der Waals surface area contributed by atoms with Crippen LogP contribution in [-0.4, -0.2) is 16.3 Å². The Hall–Kier alpha value is -0.830. The molecule has 1 aromatic rings. The lowest BCUT2D eigenvalue weighted by Gasteiger charge is -2.04. The largest absolute Gasteiger partial charge is 0.311 e. The fourth-order valence-corrected chi connectivity index (χ4v) is 1.28. The van der Waals surface area contributed by atoms with Crippen LogP contribution >= 0.6 is 0 Å². The van der Waals surface area contributed by atoms with Gasteiger partial charge in [0, 0.05) is 18.8 Å². The van der Waals surface area contributed by atoms with E-state index < -0.39 is 0 Å². The van der Waals surface area contributed by atoms with Crippen molar-refractivity contribution in [2.75, 3.05) is 6.54 Å². The zero-order chi connectivity index (χ0) is 10.4. The van der Waals surface area contributed by atoms with Gasteiger partial charge in [0.1, 0.15) is 0 Å². The molecule has 0 bridgehead atoms. The van der Waals surface area contributed by atoms with E-state index in [2.05, 4.69) is 37.3 Å². The summed E-state index contributed by atoms with van der Waals surface area (Å²) in [5.74, 6) is 0. The summed E-state index contributed by atoms with van der Waals surface area (Å²) in [6.45, 7) is 8.46. The molecule has 1 N–H and O–H groups in total. The van der Waals surface area contributed by atoms with Gasteiger partial charge in [-0.15, -0.1) is 0 Å². The summed E-state index contributed by atoms with van der Waals surface area (Å²) in [5, 5.41) is 7.84. The van der Waals surface area contributed by atoms with Gasteiger partial charge in [0.25, 0.3) is 0 Å². The monoisotopic (exact) mass is 195 g/mol. The summed E-state index contributed by atoms with van der Waals surface area (Å²) < 4.78 is 2.00. The number of rotatable bonds is 6. The van der Waals surface area contributed by atoms with Gasteiger partial charge in [-0.05, 0) is 32.9 Å². The number of nitrogens with one attached hydrogen (secondary N) is 1. The summed E-state index contributed by atoms with van der Waals surface area (Å²) in [4.78, 5) is 0.